The molecule has 0 atom stereocenters. The average molecular weight is 360 g/mol. The fraction of sp³-hybridized carbons (Fsp3) is 0.136. The van der Waals surface area contributed by atoms with Gasteiger partial charge in [0.1, 0.15) is 0 Å². The minimum Gasteiger partial charge on any atom is -0.322 e. The first-order chi connectivity index (χ1) is 12.9. The molecule has 0 unspecified atom stereocenters. The van der Waals surface area contributed by atoms with Crippen LogP contribution in [0.1, 0.15) is 38.8 Å². The Morgan fingerprint density at radius 2 is 1.70 bits per heavy atom. The van der Waals surface area contributed by atoms with E-state index in [0.717, 1.165) is 11.1 Å². The van der Waals surface area contributed by atoms with Crippen molar-refractivity contribution in [2.24, 2.45) is 0 Å². The van der Waals surface area contributed by atoms with E-state index in [4.69, 9.17) is 0 Å². The summed E-state index contributed by atoms with van der Waals surface area (Å²) in [6.07, 6.45) is 1.55. The first kappa shape index (κ1) is 18.3. The predicted molar refractivity (Wildman–Crippen MR) is 105 cm³/mol. The van der Waals surface area contributed by atoms with Gasteiger partial charge in [0.15, 0.2) is 5.78 Å². The number of ketones is 1. The number of rotatable bonds is 5. The Balaban J connectivity index is 1.81. The SMILES string of the molecule is CC(=O)c1cccc(NC(=O)c2ccc(=O)n(Cc3ccc(C)cc3)c2)c1. The molecule has 0 saturated carbocycles. The largest absolute Gasteiger partial charge is 0.322 e. The number of nitrogens with one attached hydrogen (secondary N) is 1. The number of Topliss-reactive ketones (excluding diaryl/α,β-unsaturated/α-hetero) is 1. The van der Waals surface area contributed by atoms with Gasteiger partial charge in [-0.15, -0.1) is 0 Å². The smallest absolute Gasteiger partial charge is 0.257 e. The second-order valence-electron chi connectivity index (χ2n) is 6.46. The van der Waals surface area contributed by atoms with Gasteiger partial charge in [-0.25, -0.2) is 0 Å². The second-order valence-corrected chi connectivity index (χ2v) is 6.46. The molecule has 0 aliphatic carbocycles. The number of amides is 1. The van der Waals surface area contributed by atoms with Crippen LogP contribution in [0, 0.1) is 6.92 Å². The lowest BCUT2D eigenvalue weighted by Crippen LogP contribution is -2.22. The molecule has 5 heteroatoms. The van der Waals surface area contributed by atoms with E-state index in [1.54, 1.807) is 30.5 Å². The molecule has 3 rings (SSSR count). The molecule has 1 heterocycles. The third-order valence-electron chi connectivity index (χ3n) is 4.25. The van der Waals surface area contributed by atoms with Crippen LogP contribution in [-0.2, 0) is 6.54 Å². The summed E-state index contributed by atoms with van der Waals surface area (Å²) in [6.45, 7) is 3.87. The van der Waals surface area contributed by atoms with E-state index >= 15 is 0 Å². The lowest BCUT2D eigenvalue weighted by Gasteiger charge is -2.10. The molecule has 0 spiro atoms. The summed E-state index contributed by atoms with van der Waals surface area (Å²) in [4.78, 5) is 36.2. The van der Waals surface area contributed by atoms with Crippen LogP contribution in [0.15, 0.2) is 71.7 Å². The number of aryl methyl sites for hydroxylation is 1. The maximum absolute atomic E-state index is 12.5. The third-order valence-corrected chi connectivity index (χ3v) is 4.25. The molecular formula is C22H20N2O3. The van der Waals surface area contributed by atoms with E-state index in [2.05, 4.69) is 5.32 Å². The van der Waals surface area contributed by atoms with Gasteiger partial charge in [0.2, 0.25) is 0 Å². The van der Waals surface area contributed by atoms with Crippen LogP contribution in [0.3, 0.4) is 0 Å². The molecule has 2 aromatic carbocycles. The van der Waals surface area contributed by atoms with Crippen molar-refractivity contribution < 1.29 is 9.59 Å². The first-order valence-electron chi connectivity index (χ1n) is 8.61. The number of nitrogens with zero attached hydrogens (tertiary/aromatic N) is 1. The molecule has 0 bridgehead atoms. The number of hydrogen-bond acceptors (Lipinski definition) is 3. The maximum atomic E-state index is 12.5. The van der Waals surface area contributed by atoms with Crippen molar-refractivity contribution in [2.75, 3.05) is 5.32 Å². The highest BCUT2D eigenvalue weighted by Gasteiger charge is 2.10. The van der Waals surface area contributed by atoms with Crippen molar-refractivity contribution in [3.8, 4) is 0 Å². The van der Waals surface area contributed by atoms with Gasteiger partial charge in [-0.2, -0.15) is 0 Å². The average Bonchev–Trinajstić information content (AvgIpc) is 2.65. The molecule has 0 fully saturated rings. The summed E-state index contributed by atoms with van der Waals surface area (Å²) in [5.74, 6) is -0.411. The normalized spacial score (nSPS) is 10.4. The fourth-order valence-electron chi connectivity index (χ4n) is 2.70. The minimum absolute atomic E-state index is 0.0715. The van der Waals surface area contributed by atoms with E-state index in [9.17, 15) is 14.4 Å². The van der Waals surface area contributed by atoms with E-state index < -0.39 is 0 Å². The minimum atomic E-state index is -0.339. The number of benzene rings is 2. The molecule has 1 N–H and O–H groups in total. The van der Waals surface area contributed by atoms with E-state index in [1.165, 1.54) is 23.6 Å². The van der Waals surface area contributed by atoms with Crippen LogP contribution in [0.25, 0.3) is 0 Å². The number of carbonyl (C=O) groups excluding carboxylic acids is 2. The van der Waals surface area contributed by atoms with Gasteiger partial charge in [-0.3, -0.25) is 14.4 Å². The Bertz CT molecular complexity index is 1050. The zero-order chi connectivity index (χ0) is 19.4. The van der Waals surface area contributed by atoms with Gasteiger partial charge < -0.3 is 9.88 Å². The van der Waals surface area contributed by atoms with Gasteiger partial charge in [-0.05, 0) is 37.6 Å². The van der Waals surface area contributed by atoms with Gasteiger partial charge in [0.25, 0.3) is 11.5 Å². The molecule has 0 saturated heterocycles. The number of hydrogen-bond donors (Lipinski definition) is 1. The summed E-state index contributed by atoms with van der Waals surface area (Å²) in [5.41, 5.74) is 3.38. The van der Waals surface area contributed by atoms with Gasteiger partial charge in [0, 0.05) is 23.5 Å². The molecule has 1 aromatic heterocycles. The van der Waals surface area contributed by atoms with E-state index in [0.29, 0.717) is 23.4 Å². The highest BCUT2D eigenvalue weighted by molar-refractivity contribution is 6.04. The summed E-state index contributed by atoms with van der Waals surface area (Å²) < 4.78 is 1.51. The molecule has 27 heavy (non-hydrogen) atoms. The van der Waals surface area contributed by atoms with Gasteiger partial charge in [-0.1, -0.05) is 42.0 Å². The van der Waals surface area contributed by atoms with E-state index in [-0.39, 0.29) is 17.2 Å². The monoisotopic (exact) mass is 360 g/mol. The number of anilines is 1. The van der Waals surface area contributed by atoms with Crippen molar-refractivity contribution in [3.05, 3.63) is 99.5 Å². The number of carbonyl (C=O) groups is 2. The topological polar surface area (TPSA) is 68.2 Å². The number of aromatic nitrogens is 1. The first-order valence-corrected chi connectivity index (χ1v) is 8.61. The Hall–Kier alpha value is -3.47. The van der Waals surface area contributed by atoms with Crippen LogP contribution in [0.5, 0.6) is 0 Å². The molecule has 1 amide bonds. The van der Waals surface area contributed by atoms with Crippen LogP contribution in [-0.4, -0.2) is 16.3 Å². The van der Waals surface area contributed by atoms with Crippen molar-refractivity contribution in [3.63, 3.8) is 0 Å². The summed E-state index contributed by atoms with van der Waals surface area (Å²) in [6, 6.07) is 17.5. The van der Waals surface area contributed by atoms with Crippen molar-refractivity contribution in [2.45, 2.75) is 20.4 Å². The van der Waals surface area contributed by atoms with Crippen LogP contribution in [0.4, 0.5) is 5.69 Å². The van der Waals surface area contributed by atoms with Gasteiger partial charge >= 0.3 is 0 Å². The van der Waals surface area contributed by atoms with Crippen molar-refractivity contribution in [1.82, 2.24) is 4.57 Å². The molecule has 5 nitrogen and oxygen atoms in total. The highest BCUT2D eigenvalue weighted by Crippen LogP contribution is 2.13. The zero-order valence-electron chi connectivity index (χ0n) is 15.2. The maximum Gasteiger partial charge on any atom is 0.257 e. The van der Waals surface area contributed by atoms with E-state index in [1.807, 2.05) is 31.2 Å². The molecular weight excluding hydrogens is 340 g/mol. The molecule has 0 radical (unpaired) electrons. The third kappa shape index (κ3) is 4.58. The molecule has 0 aliphatic rings. The lowest BCUT2D eigenvalue weighted by atomic mass is 10.1. The Kier molecular flexibility index (Phi) is 5.31. The predicted octanol–water partition coefficient (Wildman–Crippen LogP) is 3.66. The fourth-order valence-corrected chi connectivity index (χ4v) is 2.70. The molecule has 3 aromatic rings. The zero-order valence-corrected chi connectivity index (χ0v) is 15.2. The second kappa shape index (κ2) is 7.83. The quantitative estimate of drug-likeness (QED) is 0.706. The van der Waals surface area contributed by atoms with Crippen LogP contribution >= 0.6 is 0 Å². The standard InChI is InChI=1S/C22H20N2O3/c1-15-6-8-17(9-7-15)13-24-14-19(10-11-21(24)26)22(27)23-20-5-3-4-18(12-20)16(2)25/h3-12,14H,13H2,1-2H3,(H,23,27). The molecule has 0 aliphatic heterocycles. The summed E-state index contributed by atoms with van der Waals surface area (Å²) in [5, 5.41) is 2.76. The lowest BCUT2D eigenvalue weighted by molar-refractivity contribution is 0.101. The Morgan fingerprint density at radius 1 is 0.963 bits per heavy atom. The van der Waals surface area contributed by atoms with Crippen LogP contribution < -0.4 is 10.9 Å². The Morgan fingerprint density at radius 3 is 2.41 bits per heavy atom. The van der Waals surface area contributed by atoms with Crippen LogP contribution in [0.2, 0.25) is 0 Å². The summed E-state index contributed by atoms with van der Waals surface area (Å²) >= 11 is 0. The molecule has 136 valence electrons. The van der Waals surface area contributed by atoms with Gasteiger partial charge in [0.05, 0.1) is 12.1 Å². The van der Waals surface area contributed by atoms with Crippen molar-refractivity contribution >= 4 is 17.4 Å². The Labute approximate surface area is 157 Å². The highest BCUT2D eigenvalue weighted by atomic mass is 16.2. The van der Waals surface area contributed by atoms with Crippen molar-refractivity contribution in [1.29, 1.82) is 0 Å². The summed E-state index contributed by atoms with van der Waals surface area (Å²) in [7, 11) is 0. The number of pyridine rings is 1.